The Morgan fingerprint density at radius 2 is 1.12 bits per heavy atom. The van der Waals surface area contributed by atoms with Gasteiger partial charge in [0.05, 0.1) is 22.1 Å². The van der Waals surface area contributed by atoms with Gasteiger partial charge in [-0.1, -0.05) is 22.3 Å². The summed E-state index contributed by atoms with van der Waals surface area (Å²) < 4.78 is 5.10. The molecule has 232 valence electrons. The van der Waals surface area contributed by atoms with Crippen LogP contribution in [0.25, 0.3) is 0 Å². The lowest BCUT2D eigenvalue weighted by Gasteiger charge is -1.79. The summed E-state index contributed by atoms with van der Waals surface area (Å²) in [6.45, 7) is 25.5. The van der Waals surface area contributed by atoms with E-state index in [1.165, 1.54) is 21.3 Å². The fraction of sp³-hybridized carbons (Fsp3) is 0.552. The molecule has 12 heteroatoms. The molecule has 41 heavy (non-hydrogen) atoms. The second-order valence-corrected chi connectivity index (χ2v) is 11.4. The van der Waals surface area contributed by atoms with Gasteiger partial charge in [-0.25, -0.2) is 19.9 Å². The molecule has 0 bridgehead atoms. The summed E-state index contributed by atoms with van der Waals surface area (Å²) in [4.78, 5) is 20.8. The standard InChI is InChI=1S/C6H10N2.C6H9NO.C6H9NS.C4H7N3.C4H6N2S.3CH4/c3*1-4-5(2)8-6(3)7-4;1-3-5-4(2)7-6-3;1-3-5-6-4(2)7-3;;;/h1-3H3,(H,7,8);2*1-3H3;1-2H3,(H,5,6,7);1-2H3;3*1H4. The van der Waals surface area contributed by atoms with E-state index in [-0.39, 0.29) is 22.3 Å². The molecule has 0 aliphatic carbocycles. The Labute approximate surface area is 256 Å². The van der Waals surface area contributed by atoms with Gasteiger partial charge in [0.2, 0.25) is 0 Å². The van der Waals surface area contributed by atoms with Crippen LogP contribution in [0.2, 0.25) is 0 Å². The minimum Gasteiger partial charge on any atom is -0.446 e. The largest absolute Gasteiger partial charge is 0.446 e. The zero-order chi connectivity index (χ0) is 29.0. The van der Waals surface area contributed by atoms with E-state index in [9.17, 15) is 0 Å². The van der Waals surface area contributed by atoms with Crippen molar-refractivity contribution in [1.82, 2.24) is 45.3 Å². The van der Waals surface area contributed by atoms with Crippen molar-refractivity contribution in [2.75, 3.05) is 0 Å². The average Bonchev–Trinajstić information content (AvgIpc) is 3.59. The minimum absolute atomic E-state index is 0. The fourth-order valence-corrected chi connectivity index (χ4v) is 4.25. The maximum Gasteiger partial charge on any atom is 0.191 e. The summed E-state index contributed by atoms with van der Waals surface area (Å²) in [6.07, 6.45) is 0. The number of hydrogen-bond donors (Lipinski definition) is 2. The topological polar surface area (TPSA) is 135 Å². The smallest absolute Gasteiger partial charge is 0.191 e. The maximum absolute atomic E-state index is 5.10. The highest BCUT2D eigenvalue weighted by molar-refractivity contribution is 7.11. The maximum atomic E-state index is 5.10. The number of H-pyrrole nitrogens is 2. The number of nitrogens with one attached hydrogen (secondary N) is 2. The number of aromatic amines is 2. The zero-order valence-electron chi connectivity index (χ0n) is 24.9. The quantitative estimate of drug-likeness (QED) is 0.179. The lowest BCUT2D eigenvalue weighted by molar-refractivity contribution is 0.493. The fourth-order valence-electron chi connectivity index (χ4n) is 2.84. The van der Waals surface area contributed by atoms with Crippen LogP contribution in [0, 0.1) is 90.0 Å². The predicted molar refractivity (Wildman–Crippen MR) is 175 cm³/mol. The highest BCUT2D eigenvalue weighted by Crippen LogP contribution is 2.14. The summed E-state index contributed by atoms with van der Waals surface area (Å²) in [5.74, 6) is 4.34. The molecule has 0 aliphatic heterocycles. The van der Waals surface area contributed by atoms with Gasteiger partial charge in [0.1, 0.15) is 33.2 Å². The lowest BCUT2D eigenvalue weighted by atomic mass is 10.4. The number of rotatable bonds is 0. The van der Waals surface area contributed by atoms with E-state index in [1.807, 2.05) is 83.1 Å². The van der Waals surface area contributed by atoms with Gasteiger partial charge >= 0.3 is 0 Å². The summed E-state index contributed by atoms with van der Waals surface area (Å²) in [7, 11) is 0. The van der Waals surface area contributed by atoms with Crippen LogP contribution in [0.5, 0.6) is 0 Å². The number of imidazole rings is 1. The number of oxazole rings is 1. The Hall–Kier alpha value is -3.25. The molecule has 0 saturated heterocycles. The first kappa shape index (κ1) is 42.2. The molecule has 0 saturated carbocycles. The van der Waals surface area contributed by atoms with Gasteiger partial charge in [0, 0.05) is 17.5 Å². The van der Waals surface area contributed by atoms with Crippen LogP contribution in [0.1, 0.15) is 94.1 Å². The van der Waals surface area contributed by atoms with Crippen LogP contribution in [-0.4, -0.2) is 45.3 Å². The van der Waals surface area contributed by atoms with Crippen molar-refractivity contribution in [2.24, 2.45) is 0 Å². The summed E-state index contributed by atoms with van der Waals surface area (Å²) >= 11 is 3.38. The zero-order valence-corrected chi connectivity index (χ0v) is 26.5. The van der Waals surface area contributed by atoms with Crippen molar-refractivity contribution in [2.45, 2.75) is 112 Å². The molecule has 2 N–H and O–H groups in total. The van der Waals surface area contributed by atoms with E-state index in [2.05, 4.69) is 52.2 Å². The van der Waals surface area contributed by atoms with Gasteiger partial charge in [-0.2, -0.15) is 5.10 Å². The summed E-state index contributed by atoms with van der Waals surface area (Å²) in [5.41, 5.74) is 4.43. The highest BCUT2D eigenvalue weighted by Gasteiger charge is 1.98. The third-order valence-electron chi connectivity index (χ3n) is 4.85. The van der Waals surface area contributed by atoms with Crippen LogP contribution in [0.15, 0.2) is 4.42 Å². The molecule has 0 spiro atoms. The first-order valence-electron chi connectivity index (χ1n) is 12.1. The van der Waals surface area contributed by atoms with E-state index in [0.717, 1.165) is 50.5 Å². The summed E-state index contributed by atoms with van der Waals surface area (Å²) in [6, 6.07) is 0. The van der Waals surface area contributed by atoms with Gasteiger partial charge in [-0.15, -0.1) is 32.9 Å². The third kappa shape index (κ3) is 17.2. The van der Waals surface area contributed by atoms with E-state index in [0.29, 0.717) is 0 Å². The van der Waals surface area contributed by atoms with Gasteiger partial charge in [0.25, 0.3) is 0 Å². The predicted octanol–water partition coefficient (Wildman–Crippen LogP) is 8.49. The van der Waals surface area contributed by atoms with Crippen molar-refractivity contribution >= 4 is 22.7 Å². The van der Waals surface area contributed by atoms with Crippen molar-refractivity contribution in [3.63, 3.8) is 0 Å². The molecule has 5 rings (SSSR count). The summed E-state index contributed by atoms with van der Waals surface area (Å²) in [5, 5.41) is 17.3. The third-order valence-corrected chi connectivity index (χ3v) is 6.60. The number of aryl methyl sites for hydroxylation is 13. The molecule has 5 heterocycles. The molecule has 0 aromatic carbocycles. The number of thiazole rings is 1. The molecular weight excluding hydrogens is 555 g/mol. The molecule has 5 aromatic heterocycles. The van der Waals surface area contributed by atoms with Gasteiger partial charge in [-0.05, 0) is 83.1 Å². The van der Waals surface area contributed by atoms with Gasteiger partial charge in [-0.3, -0.25) is 5.10 Å². The number of aromatic nitrogens is 9. The Bertz CT molecular complexity index is 1140. The van der Waals surface area contributed by atoms with Crippen LogP contribution in [0.3, 0.4) is 0 Å². The van der Waals surface area contributed by atoms with E-state index in [1.54, 1.807) is 22.7 Å². The molecule has 5 aromatic rings. The molecule has 0 aliphatic rings. The van der Waals surface area contributed by atoms with Crippen molar-refractivity contribution in [1.29, 1.82) is 0 Å². The molecule has 10 nitrogen and oxygen atoms in total. The van der Waals surface area contributed by atoms with Crippen molar-refractivity contribution in [3.8, 4) is 0 Å². The van der Waals surface area contributed by atoms with Crippen LogP contribution >= 0.6 is 22.7 Å². The highest BCUT2D eigenvalue weighted by atomic mass is 32.1. The SMILES string of the molecule is C.C.C.Cc1n[nH]c(C)n1.Cc1nc(C)c(C)[nH]1.Cc1nc(C)c(C)o1.Cc1nc(C)c(C)s1.Cc1nnc(C)s1. The first-order valence-corrected chi connectivity index (χ1v) is 13.7. The average molecular weight is 608 g/mol. The Balaban J connectivity index is -0.000000433. The van der Waals surface area contributed by atoms with Crippen LogP contribution in [-0.2, 0) is 0 Å². The molecule has 0 radical (unpaired) electrons. The Kier molecular flexibility index (Phi) is 21.2. The number of hydrogen-bond acceptors (Lipinski definition) is 10. The molecule has 0 atom stereocenters. The second kappa shape index (κ2) is 20.6. The normalized spacial score (nSPS) is 9.00. The van der Waals surface area contributed by atoms with E-state index < -0.39 is 0 Å². The van der Waals surface area contributed by atoms with Gasteiger partial charge in [0.15, 0.2) is 5.89 Å². The molecular formula is C29H53N9OS2. The monoisotopic (exact) mass is 607 g/mol. The van der Waals surface area contributed by atoms with Crippen molar-refractivity contribution in [3.05, 3.63) is 71.8 Å². The van der Waals surface area contributed by atoms with E-state index >= 15 is 0 Å². The van der Waals surface area contributed by atoms with Crippen molar-refractivity contribution < 1.29 is 4.42 Å². The number of nitrogens with zero attached hydrogens (tertiary/aromatic N) is 7. The molecule has 0 amide bonds. The molecule has 0 unspecified atom stereocenters. The van der Waals surface area contributed by atoms with E-state index in [4.69, 9.17) is 4.42 Å². The lowest BCUT2D eigenvalue weighted by Crippen LogP contribution is -1.71. The molecule has 0 fully saturated rings. The first-order chi connectivity index (χ1) is 17.7. The second-order valence-electron chi connectivity index (χ2n) is 8.59. The van der Waals surface area contributed by atoms with Crippen LogP contribution in [0.4, 0.5) is 0 Å². The van der Waals surface area contributed by atoms with Gasteiger partial charge < -0.3 is 9.40 Å². The minimum atomic E-state index is 0. The van der Waals surface area contributed by atoms with Crippen LogP contribution < -0.4 is 0 Å². The Morgan fingerprint density at radius 3 is 1.24 bits per heavy atom. The Morgan fingerprint density at radius 1 is 0.561 bits per heavy atom.